The van der Waals surface area contributed by atoms with Gasteiger partial charge in [-0.3, -0.25) is 14.8 Å². The molecule has 1 aromatic heterocycles. The Labute approximate surface area is 191 Å². The van der Waals surface area contributed by atoms with Crippen LogP contribution in [0.3, 0.4) is 0 Å². The van der Waals surface area contributed by atoms with E-state index in [9.17, 15) is 9.59 Å². The van der Waals surface area contributed by atoms with Crippen LogP contribution in [0.5, 0.6) is 0 Å². The molecule has 31 heavy (non-hydrogen) atoms. The van der Waals surface area contributed by atoms with Crippen molar-refractivity contribution in [3.8, 4) is 0 Å². The van der Waals surface area contributed by atoms with Crippen molar-refractivity contribution in [1.82, 2.24) is 14.9 Å². The molecule has 1 aliphatic rings. The molecule has 0 atom stereocenters. The Morgan fingerprint density at radius 2 is 1.94 bits per heavy atom. The average Bonchev–Trinajstić information content (AvgIpc) is 3.08. The van der Waals surface area contributed by atoms with Crippen LogP contribution in [0.2, 0.25) is 0 Å². The number of methoxy groups -OCH3 is 1. The molecular weight excluding hydrogens is 462 g/mol. The summed E-state index contributed by atoms with van der Waals surface area (Å²) in [6.45, 7) is 3.07. The lowest BCUT2D eigenvalue weighted by molar-refractivity contribution is -0.132. The summed E-state index contributed by atoms with van der Waals surface area (Å²) in [5.74, 6) is -0.151. The first-order chi connectivity index (χ1) is 15.0. The summed E-state index contributed by atoms with van der Waals surface area (Å²) >= 11 is 3.60. The maximum Gasteiger partial charge on any atom is 0.243 e. The molecule has 2 amide bonds. The number of hydrogen-bond donors (Lipinski definition) is 2. The number of hydrogen-bond acceptors (Lipinski definition) is 4. The van der Waals surface area contributed by atoms with Crippen molar-refractivity contribution in [3.05, 3.63) is 33.9 Å². The highest BCUT2D eigenvalue weighted by Gasteiger charge is 2.26. The minimum Gasteiger partial charge on any atom is -0.385 e. The topological polar surface area (TPSA) is 83.8 Å². The zero-order chi connectivity index (χ0) is 22.2. The fourth-order valence-electron chi connectivity index (χ4n) is 4.39. The molecule has 2 heterocycles. The first-order valence-electron chi connectivity index (χ1n) is 11.0. The van der Waals surface area contributed by atoms with E-state index in [2.05, 4.69) is 38.7 Å². The lowest BCUT2D eigenvalue weighted by Gasteiger charge is -2.28. The van der Waals surface area contributed by atoms with Crippen LogP contribution in [0.15, 0.2) is 22.7 Å². The number of ether oxygens (including phenoxy) is 1. The maximum atomic E-state index is 12.8. The fraction of sp³-hybridized carbons (Fsp3) is 0.565. The quantitative estimate of drug-likeness (QED) is 0.279. The average molecular weight is 494 g/mol. The van der Waals surface area contributed by atoms with Gasteiger partial charge in [-0.2, -0.15) is 0 Å². The number of amides is 2. The molecule has 3 rings (SSSR count). The van der Waals surface area contributed by atoms with E-state index in [0.29, 0.717) is 19.4 Å². The van der Waals surface area contributed by atoms with Crippen LogP contribution in [-0.2, 0) is 33.8 Å². The second-order valence-electron chi connectivity index (χ2n) is 8.10. The Morgan fingerprint density at radius 3 is 2.68 bits per heavy atom. The number of halogens is 1. The third kappa shape index (κ3) is 6.08. The van der Waals surface area contributed by atoms with Crippen molar-refractivity contribution in [2.75, 3.05) is 20.3 Å². The largest absolute Gasteiger partial charge is 0.385 e. The molecule has 1 aromatic carbocycles. The molecule has 1 aliphatic heterocycles. The molecule has 0 saturated carbocycles. The van der Waals surface area contributed by atoms with Crippen LogP contribution < -0.4 is 5.48 Å². The van der Waals surface area contributed by atoms with Gasteiger partial charge >= 0.3 is 0 Å². The molecule has 0 unspecified atom stereocenters. The van der Waals surface area contributed by atoms with Crippen molar-refractivity contribution in [1.29, 1.82) is 0 Å². The van der Waals surface area contributed by atoms with Crippen molar-refractivity contribution >= 4 is 38.6 Å². The summed E-state index contributed by atoms with van der Waals surface area (Å²) in [4.78, 5) is 25.8. The number of fused-ring (bicyclic) bond motifs is 3. The monoisotopic (exact) mass is 493 g/mol. The van der Waals surface area contributed by atoms with Gasteiger partial charge < -0.3 is 14.2 Å². The van der Waals surface area contributed by atoms with E-state index in [4.69, 9.17) is 9.94 Å². The molecule has 0 spiro atoms. The number of carbonyl (C=O) groups excluding carboxylic acids is 2. The van der Waals surface area contributed by atoms with Gasteiger partial charge in [0.25, 0.3) is 0 Å². The smallest absolute Gasteiger partial charge is 0.243 e. The lowest BCUT2D eigenvalue weighted by Crippen LogP contribution is -2.36. The standard InChI is InChI=1S/C23H32BrN3O4/c1-31-14-6-12-27-20-10-9-17(24)15-18(20)19-16-26(13-11-21(19)27)23(29)8-5-3-2-4-7-22(28)25-30/h9-10,15,30H,2-8,11-14,16H2,1H3,(H,25,28). The summed E-state index contributed by atoms with van der Waals surface area (Å²) in [6.07, 6.45) is 6.05. The number of hydroxylamine groups is 1. The third-order valence-electron chi connectivity index (χ3n) is 5.97. The molecule has 170 valence electrons. The van der Waals surface area contributed by atoms with Crippen molar-refractivity contribution in [2.45, 2.75) is 64.5 Å². The molecule has 8 heteroatoms. The highest BCUT2D eigenvalue weighted by Crippen LogP contribution is 2.33. The van der Waals surface area contributed by atoms with Crippen LogP contribution >= 0.6 is 15.9 Å². The van der Waals surface area contributed by atoms with Gasteiger partial charge in [0.2, 0.25) is 11.8 Å². The fourth-order valence-corrected chi connectivity index (χ4v) is 4.75. The molecule has 0 aliphatic carbocycles. The van der Waals surface area contributed by atoms with E-state index in [1.807, 2.05) is 4.90 Å². The number of unbranched alkanes of at least 4 members (excludes halogenated alkanes) is 3. The first kappa shape index (κ1) is 23.8. The van der Waals surface area contributed by atoms with E-state index in [-0.39, 0.29) is 11.8 Å². The number of nitrogens with zero attached hydrogens (tertiary/aromatic N) is 2. The van der Waals surface area contributed by atoms with Gasteiger partial charge in [-0.1, -0.05) is 28.8 Å². The highest BCUT2D eigenvalue weighted by molar-refractivity contribution is 9.10. The van der Waals surface area contributed by atoms with Crippen molar-refractivity contribution in [3.63, 3.8) is 0 Å². The highest BCUT2D eigenvalue weighted by atomic mass is 79.9. The van der Waals surface area contributed by atoms with Crippen LogP contribution in [-0.4, -0.2) is 46.8 Å². The van der Waals surface area contributed by atoms with E-state index < -0.39 is 0 Å². The van der Waals surface area contributed by atoms with Crippen LogP contribution in [0.1, 0.15) is 56.2 Å². The van der Waals surface area contributed by atoms with E-state index in [0.717, 1.165) is 62.7 Å². The summed E-state index contributed by atoms with van der Waals surface area (Å²) in [5.41, 5.74) is 5.48. The maximum absolute atomic E-state index is 12.8. The zero-order valence-corrected chi connectivity index (χ0v) is 19.7. The summed E-state index contributed by atoms with van der Waals surface area (Å²) < 4.78 is 8.69. The zero-order valence-electron chi connectivity index (χ0n) is 18.2. The van der Waals surface area contributed by atoms with Gasteiger partial charge in [0, 0.05) is 79.2 Å². The Bertz CT molecular complexity index is 912. The number of aryl methyl sites for hydroxylation is 1. The molecule has 0 bridgehead atoms. The predicted molar refractivity (Wildman–Crippen MR) is 123 cm³/mol. The number of rotatable bonds is 11. The SMILES string of the molecule is COCCCn1c2c(c3cc(Br)ccc31)CN(C(=O)CCCCCCC(=O)NO)CC2. The molecule has 7 nitrogen and oxygen atoms in total. The normalized spacial score (nSPS) is 13.5. The number of nitrogens with one attached hydrogen (secondary N) is 1. The molecule has 0 radical (unpaired) electrons. The molecular formula is C23H32BrN3O4. The van der Waals surface area contributed by atoms with E-state index >= 15 is 0 Å². The number of carbonyl (C=O) groups is 2. The molecule has 2 aromatic rings. The lowest BCUT2D eigenvalue weighted by atomic mass is 10.0. The first-order valence-corrected chi connectivity index (χ1v) is 11.8. The Kier molecular flexibility index (Phi) is 8.92. The van der Waals surface area contributed by atoms with Crippen LogP contribution in [0.25, 0.3) is 10.9 Å². The van der Waals surface area contributed by atoms with Crippen molar-refractivity contribution < 1.29 is 19.5 Å². The number of benzene rings is 1. The summed E-state index contributed by atoms with van der Waals surface area (Å²) in [7, 11) is 1.73. The second-order valence-corrected chi connectivity index (χ2v) is 9.01. The third-order valence-corrected chi connectivity index (χ3v) is 6.46. The van der Waals surface area contributed by atoms with Gasteiger partial charge in [-0.25, -0.2) is 5.48 Å². The molecule has 0 fully saturated rings. The summed E-state index contributed by atoms with van der Waals surface area (Å²) in [5, 5.41) is 9.73. The van der Waals surface area contributed by atoms with Gasteiger partial charge in [0.05, 0.1) is 0 Å². The summed E-state index contributed by atoms with van der Waals surface area (Å²) in [6, 6.07) is 6.40. The Morgan fingerprint density at radius 1 is 1.16 bits per heavy atom. The predicted octanol–water partition coefficient (Wildman–Crippen LogP) is 4.17. The molecule has 0 saturated heterocycles. The van der Waals surface area contributed by atoms with E-state index in [1.165, 1.54) is 22.2 Å². The van der Waals surface area contributed by atoms with E-state index in [1.54, 1.807) is 12.6 Å². The van der Waals surface area contributed by atoms with Gasteiger partial charge in [-0.15, -0.1) is 0 Å². The van der Waals surface area contributed by atoms with Gasteiger partial charge in [0.15, 0.2) is 0 Å². The number of aromatic nitrogens is 1. The minimum absolute atomic E-state index is 0.203. The van der Waals surface area contributed by atoms with Crippen LogP contribution in [0.4, 0.5) is 0 Å². The molecule has 2 N–H and O–H groups in total. The Balaban J connectivity index is 1.61. The van der Waals surface area contributed by atoms with Gasteiger partial charge in [0.1, 0.15) is 0 Å². The van der Waals surface area contributed by atoms with Crippen LogP contribution in [0, 0.1) is 0 Å². The Hall–Kier alpha value is -1.90. The minimum atomic E-state index is -0.354. The van der Waals surface area contributed by atoms with Crippen molar-refractivity contribution in [2.24, 2.45) is 0 Å². The van der Waals surface area contributed by atoms with Gasteiger partial charge in [-0.05, 0) is 37.5 Å². The second kappa shape index (κ2) is 11.6.